The normalized spacial score (nSPS) is 15.8. The van der Waals surface area contributed by atoms with Gasteiger partial charge in [-0.3, -0.25) is 10.1 Å². The van der Waals surface area contributed by atoms with Gasteiger partial charge in [0.2, 0.25) is 6.10 Å². The molecule has 0 spiro atoms. The lowest BCUT2D eigenvalue weighted by molar-refractivity contribution is -0.137. The van der Waals surface area contributed by atoms with Gasteiger partial charge in [0.25, 0.3) is 5.91 Å². The lowest BCUT2D eigenvalue weighted by Gasteiger charge is -2.25. The third kappa shape index (κ3) is 4.51. The average Bonchev–Trinajstić information content (AvgIpc) is 3.14. The number of ether oxygens (including phenoxy) is 2. The molecule has 150 valence electrons. The average molecular weight is 420 g/mol. The molecule has 1 amide bonds. The maximum absolute atomic E-state index is 12.6. The summed E-state index contributed by atoms with van der Waals surface area (Å²) in [6.07, 6.45) is -3.15. The quantitative estimate of drug-likeness (QED) is 0.674. The number of amides is 1. The van der Waals surface area contributed by atoms with Crippen LogP contribution < -0.4 is 14.8 Å². The van der Waals surface area contributed by atoms with E-state index in [0.717, 1.165) is 22.6 Å². The van der Waals surface area contributed by atoms with Gasteiger partial charge in [-0.2, -0.15) is 13.2 Å². The summed E-state index contributed by atoms with van der Waals surface area (Å²) in [5.74, 6) is 0.709. The number of thiazole rings is 1. The largest absolute Gasteiger partial charge is 0.485 e. The first-order valence-corrected chi connectivity index (χ1v) is 9.50. The Morgan fingerprint density at radius 3 is 2.59 bits per heavy atom. The fourth-order valence-electron chi connectivity index (χ4n) is 2.79. The molecule has 0 aliphatic carbocycles. The zero-order valence-corrected chi connectivity index (χ0v) is 15.7. The van der Waals surface area contributed by atoms with Crippen molar-refractivity contribution >= 4 is 22.4 Å². The number of benzene rings is 2. The van der Waals surface area contributed by atoms with Crippen LogP contribution in [0.2, 0.25) is 0 Å². The number of alkyl halides is 3. The molecule has 1 aliphatic rings. The highest BCUT2D eigenvalue weighted by Crippen LogP contribution is 2.32. The number of nitrogens with one attached hydrogen (secondary N) is 1. The van der Waals surface area contributed by atoms with Crippen LogP contribution >= 0.6 is 11.3 Å². The lowest BCUT2D eigenvalue weighted by atomic mass is 10.1. The van der Waals surface area contributed by atoms with Gasteiger partial charge in [-0.25, -0.2) is 4.98 Å². The number of para-hydroxylation sites is 2. The molecule has 0 radical (unpaired) electrons. The summed E-state index contributed by atoms with van der Waals surface area (Å²) in [5, 5.41) is 3.08. The Hall–Kier alpha value is -3.07. The van der Waals surface area contributed by atoms with Crippen molar-refractivity contribution in [3.05, 3.63) is 70.7 Å². The summed E-state index contributed by atoms with van der Waals surface area (Å²) in [6, 6.07) is 12.1. The Bertz CT molecular complexity index is 1020. The number of nitrogens with zero attached hydrogens (tertiary/aromatic N) is 1. The van der Waals surface area contributed by atoms with Crippen molar-refractivity contribution in [3.8, 4) is 11.5 Å². The second-order valence-electron chi connectivity index (χ2n) is 6.36. The Labute approximate surface area is 168 Å². The van der Waals surface area contributed by atoms with Crippen LogP contribution in [-0.4, -0.2) is 23.6 Å². The van der Waals surface area contributed by atoms with Gasteiger partial charge in [-0.05, 0) is 29.8 Å². The van der Waals surface area contributed by atoms with Crippen LogP contribution in [0.3, 0.4) is 0 Å². The van der Waals surface area contributed by atoms with Gasteiger partial charge < -0.3 is 9.47 Å². The highest BCUT2D eigenvalue weighted by Gasteiger charge is 2.30. The molecular formula is C20H15F3N2O3S. The first-order chi connectivity index (χ1) is 13.9. The molecule has 5 nitrogen and oxygen atoms in total. The molecular weight excluding hydrogens is 405 g/mol. The second-order valence-corrected chi connectivity index (χ2v) is 7.47. The van der Waals surface area contributed by atoms with Gasteiger partial charge in [0.1, 0.15) is 6.61 Å². The highest BCUT2D eigenvalue weighted by molar-refractivity contribution is 7.15. The zero-order valence-electron chi connectivity index (χ0n) is 14.9. The molecule has 0 saturated heterocycles. The van der Waals surface area contributed by atoms with Crippen LogP contribution in [0, 0.1) is 0 Å². The summed E-state index contributed by atoms with van der Waals surface area (Å²) < 4.78 is 49.1. The van der Waals surface area contributed by atoms with Gasteiger partial charge >= 0.3 is 6.18 Å². The minimum absolute atomic E-state index is 0.0899. The molecule has 0 fully saturated rings. The van der Waals surface area contributed by atoms with Gasteiger partial charge in [0, 0.05) is 17.5 Å². The minimum atomic E-state index is -4.36. The topological polar surface area (TPSA) is 60.5 Å². The van der Waals surface area contributed by atoms with Crippen LogP contribution in [0.1, 0.15) is 16.0 Å². The summed E-state index contributed by atoms with van der Waals surface area (Å²) in [6.45, 7) is 0.0899. The molecule has 1 aliphatic heterocycles. The Balaban J connectivity index is 1.36. The number of fused-ring (bicyclic) bond motifs is 1. The molecule has 1 unspecified atom stereocenters. The van der Waals surface area contributed by atoms with Gasteiger partial charge in [-0.15, -0.1) is 11.3 Å². The van der Waals surface area contributed by atoms with Gasteiger partial charge in [0.15, 0.2) is 16.6 Å². The summed E-state index contributed by atoms with van der Waals surface area (Å²) >= 11 is 1.25. The SMILES string of the molecule is O=C(Nc1ncc(Cc2ccc(C(F)(F)F)cc2)s1)C1COc2ccccc2O1. The van der Waals surface area contributed by atoms with Crippen molar-refractivity contribution in [2.24, 2.45) is 0 Å². The van der Waals surface area contributed by atoms with Crippen LogP contribution in [0.4, 0.5) is 18.3 Å². The Morgan fingerprint density at radius 2 is 1.86 bits per heavy atom. The van der Waals surface area contributed by atoms with Crippen LogP contribution in [0.25, 0.3) is 0 Å². The number of carbonyl (C=O) groups excluding carboxylic acids is 1. The second kappa shape index (κ2) is 7.75. The van der Waals surface area contributed by atoms with E-state index in [-0.39, 0.29) is 12.5 Å². The molecule has 1 N–H and O–H groups in total. The number of hydrogen-bond donors (Lipinski definition) is 1. The fourth-order valence-corrected chi connectivity index (χ4v) is 3.64. The zero-order chi connectivity index (χ0) is 20.4. The summed E-state index contributed by atoms with van der Waals surface area (Å²) in [7, 11) is 0. The Kier molecular flexibility index (Phi) is 5.14. The first kappa shape index (κ1) is 19.3. The molecule has 4 rings (SSSR count). The number of carbonyl (C=O) groups is 1. The van der Waals surface area contributed by atoms with E-state index >= 15 is 0 Å². The van der Waals surface area contributed by atoms with E-state index in [2.05, 4.69) is 10.3 Å². The number of halogens is 3. The molecule has 2 heterocycles. The maximum atomic E-state index is 12.6. The van der Waals surface area contributed by atoms with E-state index < -0.39 is 17.8 Å². The van der Waals surface area contributed by atoms with Crippen LogP contribution in [0.15, 0.2) is 54.7 Å². The molecule has 1 aromatic heterocycles. The maximum Gasteiger partial charge on any atom is 0.416 e. The number of hydrogen-bond acceptors (Lipinski definition) is 5. The monoisotopic (exact) mass is 420 g/mol. The predicted molar refractivity (Wildman–Crippen MR) is 101 cm³/mol. The summed E-state index contributed by atoms with van der Waals surface area (Å²) in [5.41, 5.74) is 0.0370. The van der Waals surface area contributed by atoms with Crippen molar-refractivity contribution in [2.45, 2.75) is 18.7 Å². The van der Waals surface area contributed by atoms with Crippen molar-refractivity contribution in [1.82, 2.24) is 4.98 Å². The molecule has 0 bridgehead atoms. The standard InChI is InChI=1S/C20H15F3N2O3S/c21-20(22,23)13-7-5-12(6-8-13)9-14-10-24-19(29-14)25-18(26)17-11-27-15-3-1-2-4-16(15)28-17/h1-8,10,17H,9,11H2,(H,24,25,26). The number of aromatic nitrogens is 1. The number of anilines is 1. The van der Waals surface area contributed by atoms with E-state index in [1.165, 1.54) is 23.5 Å². The van der Waals surface area contributed by atoms with Crippen LogP contribution in [0.5, 0.6) is 11.5 Å². The van der Waals surface area contributed by atoms with E-state index in [1.807, 2.05) is 6.07 Å². The van der Waals surface area contributed by atoms with Crippen molar-refractivity contribution in [3.63, 3.8) is 0 Å². The van der Waals surface area contributed by atoms with Crippen LogP contribution in [-0.2, 0) is 17.4 Å². The molecule has 2 aromatic carbocycles. The highest BCUT2D eigenvalue weighted by atomic mass is 32.1. The molecule has 9 heteroatoms. The van der Waals surface area contributed by atoms with Crippen molar-refractivity contribution in [2.75, 3.05) is 11.9 Å². The smallest absolute Gasteiger partial charge is 0.416 e. The van der Waals surface area contributed by atoms with Crippen molar-refractivity contribution < 1.29 is 27.4 Å². The van der Waals surface area contributed by atoms with Gasteiger partial charge in [-0.1, -0.05) is 24.3 Å². The van der Waals surface area contributed by atoms with E-state index in [4.69, 9.17) is 9.47 Å². The van der Waals surface area contributed by atoms with Gasteiger partial charge in [0.05, 0.1) is 5.56 Å². The summed E-state index contributed by atoms with van der Waals surface area (Å²) in [4.78, 5) is 17.4. The molecule has 0 saturated carbocycles. The fraction of sp³-hybridized carbons (Fsp3) is 0.200. The van der Waals surface area contributed by atoms with E-state index in [1.54, 1.807) is 24.4 Å². The molecule has 1 atom stereocenters. The molecule has 29 heavy (non-hydrogen) atoms. The third-order valence-corrected chi connectivity index (χ3v) is 5.16. The minimum Gasteiger partial charge on any atom is -0.485 e. The Morgan fingerprint density at radius 1 is 1.14 bits per heavy atom. The van der Waals surface area contributed by atoms with E-state index in [0.29, 0.717) is 23.1 Å². The first-order valence-electron chi connectivity index (χ1n) is 8.69. The van der Waals surface area contributed by atoms with E-state index in [9.17, 15) is 18.0 Å². The predicted octanol–water partition coefficient (Wildman–Crippen LogP) is 4.53. The van der Waals surface area contributed by atoms with Crippen molar-refractivity contribution in [1.29, 1.82) is 0 Å². The third-order valence-electron chi connectivity index (χ3n) is 4.24. The number of rotatable bonds is 4. The molecule has 3 aromatic rings. The lowest BCUT2D eigenvalue weighted by Crippen LogP contribution is -2.40.